The van der Waals surface area contributed by atoms with Gasteiger partial charge in [-0.2, -0.15) is 15.4 Å². The van der Waals surface area contributed by atoms with Crippen molar-refractivity contribution in [2.75, 3.05) is 18.0 Å². The smallest absolute Gasteiger partial charge is 0.147 e. The summed E-state index contributed by atoms with van der Waals surface area (Å²) in [4.78, 5) is 6.27. The summed E-state index contributed by atoms with van der Waals surface area (Å²) in [6.07, 6.45) is 4.76. The van der Waals surface area contributed by atoms with Crippen LogP contribution >= 0.6 is 11.6 Å². The van der Waals surface area contributed by atoms with Crippen LogP contribution in [0.1, 0.15) is 18.5 Å². The van der Waals surface area contributed by atoms with Crippen LogP contribution in [-0.4, -0.2) is 38.6 Å². The molecule has 7 heteroatoms. The lowest BCUT2D eigenvalue weighted by Crippen LogP contribution is -2.46. The molecule has 1 saturated heterocycles. The predicted molar refractivity (Wildman–Crippen MR) is 71.0 cm³/mol. The Morgan fingerprint density at radius 2 is 2.37 bits per heavy atom. The summed E-state index contributed by atoms with van der Waals surface area (Å²) in [5.41, 5.74) is -0.448. The van der Waals surface area contributed by atoms with Crippen molar-refractivity contribution in [3.05, 3.63) is 35.2 Å². The molecule has 1 aliphatic rings. The molecule has 0 radical (unpaired) electrons. The van der Waals surface area contributed by atoms with E-state index in [4.69, 9.17) is 11.6 Å². The highest BCUT2D eigenvalue weighted by Crippen LogP contribution is 2.33. The Balaban J connectivity index is 1.88. The summed E-state index contributed by atoms with van der Waals surface area (Å²) in [7, 11) is 0. The molecule has 1 aliphatic heterocycles. The minimum Gasteiger partial charge on any atom is -0.382 e. The van der Waals surface area contributed by atoms with E-state index in [0.29, 0.717) is 29.5 Å². The quantitative estimate of drug-likeness (QED) is 0.867. The van der Waals surface area contributed by atoms with Crippen molar-refractivity contribution in [1.29, 1.82) is 0 Å². The van der Waals surface area contributed by atoms with Crippen LogP contribution in [0, 0.1) is 0 Å². The molecule has 2 N–H and O–H groups in total. The van der Waals surface area contributed by atoms with Crippen LogP contribution in [0.5, 0.6) is 0 Å². The highest BCUT2D eigenvalue weighted by molar-refractivity contribution is 6.32. The Kier molecular flexibility index (Phi) is 3.12. The van der Waals surface area contributed by atoms with Crippen LogP contribution in [0.25, 0.3) is 0 Å². The standard InChI is InChI=1S/C12H14ClN5O/c13-9-3-1-5-14-11(9)18-6-2-4-12(19,8-18)10-7-15-17-16-10/h1,3,5,7,19H,2,4,6,8H2,(H,15,16,17). The van der Waals surface area contributed by atoms with Crippen LogP contribution in [0.4, 0.5) is 5.82 Å². The van der Waals surface area contributed by atoms with Gasteiger partial charge < -0.3 is 10.0 Å². The van der Waals surface area contributed by atoms with Gasteiger partial charge in [-0.05, 0) is 25.0 Å². The summed E-state index contributed by atoms with van der Waals surface area (Å²) in [6, 6.07) is 3.59. The maximum atomic E-state index is 10.7. The average molecular weight is 280 g/mol. The number of aliphatic hydroxyl groups is 1. The highest BCUT2D eigenvalue weighted by Gasteiger charge is 2.38. The first-order valence-electron chi connectivity index (χ1n) is 6.13. The van der Waals surface area contributed by atoms with Gasteiger partial charge in [-0.1, -0.05) is 11.6 Å². The molecule has 2 aromatic heterocycles. The van der Waals surface area contributed by atoms with E-state index in [0.717, 1.165) is 13.0 Å². The van der Waals surface area contributed by atoms with E-state index < -0.39 is 5.60 Å². The minimum absolute atomic E-state index is 0.413. The van der Waals surface area contributed by atoms with Crippen LogP contribution in [-0.2, 0) is 5.60 Å². The van der Waals surface area contributed by atoms with Gasteiger partial charge in [0.15, 0.2) is 0 Å². The Morgan fingerprint density at radius 3 is 3.11 bits per heavy atom. The molecular weight excluding hydrogens is 266 g/mol. The number of nitrogens with zero attached hydrogens (tertiary/aromatic N) is 4. The molecule has 2 aromatic rings. The van der Waals surface area contributed by atoms with Gasteiger partial charge >= 0.3 is 0 Å². The van der Waals surface area contributed by atoms with Gasteiger partial charge in [-0.25, -0.2) is 4.98 Å². The van der Waals surface area contributed by atoms with E-state index in [9.17, 15) is 5.11 Å². The number of aromatic nitrogens is 4. The summed E-state index contributed by atoms with van der Waals surface area (Å²) in [6.45, 7) is 1.23. The number of hydrogen-bond acceptors (Lipinski definition) is 5. The molecule has 0 spiro atoms. The fourth-order valence-corrected chi connectivity index (χ4v) is 2.70. The molecule has 6 nitrogen and oxygen atoms in total. The van der Waals surface area contributed by atoms with Crippen LogP contribution in [0.2, 0.25) is 5.02 Å². The molecule has 0 aliphatic carbocycles. The van der Waals surface area contributed by atoms with Crippen LogP contribution in [0.3, 0.4) is 0 Å². The number of anilines is 1. The molecule has 1 atom stereocenters. The van der Waals surface area contributed by atoms with Crippen molar-refractivity contribution < 1.29 is 5.11 Å². The zero-order valence-electron chi connectivity index (χ0n) is 10.3. The Labute approximate surface area is 115 Å². The second kappa shape index (κ2) is 4.79. The largest absolute Gasteiger partial charge is 0.382 e. The fraction of sp³-hybridized carbons (Fsp3) is 0.417. The summed E-state index contributed by atoms with van der Waals surface area (Å²) in [5, 5.41) is 21.6. The van der Waals surface area contributed by atoms with E-state index in [-0.39, 0.29) is 0 Å². The highest BCUT2D eigenvalue weighted by atomic mass is 35.5. The Bertz CT molecular complexity index is 561. The van der Waals surface area contributed by atoms with Crippen LogP contribution in [0.15, 0.2) is 24.5 Å². The van der Waals surface area contributed by atoms with Crippen molar-refractivity contribution in [2.45, 2.75) is 18.4 Å². The number of piperidine rings is 1. The van der Waals surface area contributed by atoms with Gasteiger partial charge in [0.1, 0.15) is 17.1 Å². The zero-order valence-corrected chi connectivity index (χ0v) is 11.0. The lowest BCUT2D eigenvalue weighted by molar-refractivity contribution is 0.0175. The number of pyridine rings is 1. The van der Waals surface area contributed by atoms with Crippen molar-refractivity contribution in [1.82, 2.24) is 20.4 Å². The number of halogens is 1. The maximum absolute atomic E-state index is 10.7. The second-order valence-electron chi connectivity index (χ2n) is 4.72. The zero-order chi connectivity index (χ0) is 13.3. The number of hydrogen-bond donors (Lipinski definition) is 2. The van der Waals surface area contributed by atoms with Crippen molar-refractivity contribution in [2.24, 2.45) is 0 Å². The molecular formula is C12H14ClN5O. The van der Waals surface area contributed by atoms with Gasteiger partial charge in [0, 0.05) is 12.7 Å². The number of rotatable bonds is 2. The normalized spacial score (nSPS) is 23.6. The molecule has 19 heavy (non-hydrogen) atoms. The number of β-amino-alcohol motifs (C(OH)–C–C–N with tert-alkyl or cyclic N) is 1. The number of H-pyrrole nitrogens is 1. The monoisotopic (exact) mass is 279 g/mol. The first-order chi connectivity index (χ1) is 9.19. The van der Waals surface area contributed by atoms with E-state index >= 15 is 0 Å². The summed E-state index contributed by atoms with van der Waals surface area (Å²) >= 11 is 6.16. The number of nitrogens with one attached hydrogen (secondary N) is 1. The van der Waals surface area contributed by atoms with E-state index in [1.54, 1.807) is 24.5 Å². The van der Waals surface area contributed by atoms with Gasteiger partial charge in [0.25, 0.3) is 0 Å². The molecule has 0 saturated carbocycles. The molecule has 0 amide bonds. The third-order valence-electron chi connectivity index (χ3n) is 3.40. The van der Waals surface area contributed by atoms with E-state index in [1.807, 2.05) is 4.90 Å². The molecule has 0 aromatic carbocycles. The topological polar surface area (TPSA) is 77.9 Å². The fourth-order valence-electron chi connectivity index (χ4n) is 2.46. The summed E-state index contributed by atoms with van der Waals surface area (Å²) < 4.78 is 0. The molecule has 1 unspecified atom stereocenters. The van der Waals surface area contributed by atoms with Crippen molar-refractivity contribution >= 4 is 17.4 Å². The first-order valence-corrected chi connectivity index (χ1v) is 6.51. The van der Waals surface area contributed by atoms with Gasteiger partial charge in [0.2, 0.25) is 0 Å². The molecule has 1 fully saturated rings. The van der Waals surface area contributed by atoms with Gasteiger partial charge in [-0.3, -0.25) is 0 Å². The van der Waals surface area contributed by atoms with Crippen molar-refractivity contribution in [3.63, 3.8) is 0 Å². The lowest BCUT2D eigenvalue weighted by Gasteiger charge is -2.38. The maximum Gasteiger partial charge on any atom is 0.147 e. The third kappa shape index (κ3) is 2.29. The molecule has 3 rings (SSSR count). The van der Waals surface area contributed by atoms with Crippen molar-refractivity contribution in [3.8, 4) is 0 Å². The average Bonchev–Trinajstić information content (AvgIpc) is 2.94. The predicted octanol–water partition coefficient (Wildman–Crippen LogP) is 1.34. The van der Waals surface area contributed by atoms with Gasteiger partial charge in [-0.15, -0.1) is 0 Å². The molecule has 3 heterocycles. The van der Waals surface area contributed by atoms with Gasteiger partial charge in [0.05, 0.1) is 17.8 Å². The summed E-state index contributed by atoms with van der Waals surface area (Å²) in [5.74, 6) is 0.700. The van der Waals surface area contributed by atoms with E-state index in [1.165, 1.54) is 0 Å². The second-order valence-corrected chi connectivity index (χ2v) is 5.13. The third-order valence-corrected chi connectivity index (χ3v) is 3.70. The lowest BCUT2D eigenvalue weighted by atomic mass is 9.90. The number of aromatic amines is 1. The Morgan fingerprint density at radius 1 is 1.47 bits per heavy atom. The van der Waals surface area contributed by atoms with Crippen LogP contribution < -0.4 is 4.90 Å². The molecule has 100 valence electrons. The minimum atomic E-state index is -1.01. The first kappa shape index (κ1) is 12.4. The van der Waals surface area contributed by atoms with E-state index in [2.05, 4.69) is 20.4 Å². The Hall–Kier alpha value is -1.66. The SMILES string of the molecule is OC1(c2cn[nH]n2)CCCN(c2ncccc2Cl)C1. The molecule has 0 bridgehead atoms.